The Hall–Kier alpha value is -2.93. The zero-order valence-electron chi connectivity index (χ0n) is 23.8. The van der Waals surface area contributed by atoms with Crippen LogP contribution in [0, 0.1) is 6.92 Å². The topological polar surface area (TPSA) is 48.0 Å². The summed E-state index contributed by atoms with van der Waals surface area (Å²) >= 11 is 26.4. The fraction of sp³-hybridized carbons (Fsp3) is 0.242. The number of benzene rings is 4. The fourth-order valence-corrected chi connectivity index (χ4v) is 6.91. The molecular weight excluding hydrogens is 616 g/mol. The lowest BCUT2D eigenvalue weighted by Crippen LogP contribution is -2.36. The quantitative estimate of drug-likeness (QED) is 0.123. The van der Waals surface area contributed by atoms with Gasteiger partial charge in [0.05, 0.1) is 27.2 Å². The van der Waals surface area contributed by atoms with Gasteiger partial charge in [-0.05, 0) is 48.7 Å². The Balaban J connectivity index is 0.00000173. The average molecular weight is 645 g/mol. The summed E-state index contributed by atoms with van der Waals surface area (Å²) in [5, 5.41) is 0.0647. The van der Waals surface area contributed by atoms with E-state index in [4.69, 9.17) is 60.6 Å². The zero-order chi connectivity index (χ0) is 30.3. The summed E-state index contributed by atoms with van der Waals surface area (Å²) in [4.78, 5) is 14.8. The third-order valence-corrected chi connectivity index (χ3v) is 9.54. The number of hydrogen-bond acceptors (Lipinski definition) is 5. The third-order valence-electron chi connectivity index (χ3n) is 7.72. The number of hydrogen-bond donors (Lipinski definition) is 0. The summed E-state index contributed by atoms with van der Waals surface area (Å²) < 4.78 is 18.5. The van der Waals surface area contributed by atoms with Crippen molar-refractivity contribution >= 4 is 64.1 Å². The molecule has 1 unspecified atom stereocenters. The number of aryl methyl sites for hydroxylation is 1. The molecular formula is C33H29Cl4NO4. The fourth-order valence-electron chi connectivity index (χ4n) is 5.87. The van der Waals surface area contributed by atoms with E-state index in [9.17, 15) is 4.79 Å². The normalized spacial score (nSPS) is 16.5. The van der Waals surface area contributed by atoms with Crippen molar-refractivity contribution in [2.75, 3.05) is 25.7 Å². The van der Waals surface area contributed by atoms with E-state index in [2.05, 4.69) is 17.0 Å². The van der Waals surface area contributed by atoms with E-state index in [1.165, 1.54) is 5.56 Å². The number of fused-ring (bicyclic) bond motifs is 3. The highest BCUT2D eigenvalue weighted by Gasteiger charge is 2.49. The maximum atomic E-state index is 12.5. The van der Waals surface area contributed by atoms with Crippen LogP contribution in [0.4, 0.5) is 11.4 Å². The Morgan fingerprint density at radius 1 is 0.881 bits per heavy atom. The highest BCUT2D eigenvalue weighted by molar-refractivity contribution is 6.53. The Labute approximate surface area is 265 Å². The standard InChI is InChI=1S/C31H23Cl4NO4.C2H6/c1-16-12-21-25(14-23(16)38-2)40-24-13-18(36-11-10-17-6-4-5-7-22(17)36)8-9-20(24)31(21,39-3)26-19(15-37)27(32)29(34)30(35)28(26)33;1-2/h4-9,12-15H,10-11H2,1-3H3;1-2H3. The second kappa shape index (κ2) is 12.0. The van der Waals surface area contributed by atoms with Crippen LogP contribution in [0.15, 0.2) is 54.6 Å². The molecule has 6 rings (SSSR count). The van der Waals surface area contributed by atoms with Crippen molar-refractivity contribution in [1.29, 1.82) is 0 Å². The predicted molar refractivity (Wildman–Crippen MR) is 172 cm³/mol. The highest BCUT2D eigenvalue weighted by Crippen LogP contribution is 2.58. The van der Waals surface area contributed by atoms with Crippen LogP contribution in [0.25, 0.3) is 0 Å². The number of para-hydroxylation sites is 1. The van der Waals surface area contributed by atoms with Crippen LogP contribution in [-0.4, -0.2) is 27.1 Å². The van der Waals surface area contributed by atoms with E-state index in [1.807, 2.05) is 57.2 Å². The van der Waals surface area contributed by atoms with Crippen molar-refractivity contribution in [3.63, 3.8) is 0 Å². The molecule has 4 aromatic rings. The van der Waals surface area contributed by atoms with Crippen LogP contribution in [-0.2, 0) is 16.8 Å². The van der Waals surface area contributed by atoms with Gasteiger partial charge in [-0.15, -0.1) is 0 Å². The number of methoxy groups -OCH3 is 2. The lowest BCUT2D eigenvalue weighted by molar-refractivity contribution is 0.0491. The molecule has 4 aromatic carbocycles. The van der Waals surface area contributed by atoms with E-state index in [0.29, 0.717) is 34.7 Å². The van der Waals surface area contributed by atoms with Gasteiger partial charge in [0.15, 0.2) is 11.9 Å². The first-order valence-electron chi connectivity index (χ1n) is 13.5. The summed E-state index contributed by atoms with van der Waals surface area (Å²) in [5.41, 5.74) is 4.38. The molecule has 2 heterocycles. The second-order valence-electron chi connectivity index (χ2n) is 9.68. The molecule has 218 valence electrons. The Morgan fingerprint density at radius 2 is 1.57 bits per heavy atom. The second-order valence-corrected chi connectivity index (χ2v) is 11.2. The average Bonchev–Trinajstić information content (AvgIpc) is 3.46. The smallest absolute Gasteiger partial charge is 0.152 e. The van der Waals surface area contributed by atoms with Gasteiger partial charge in [0.25, 0.3) is 0 Å². The summed E-state index contributed by atoms with van der Waals surface area (Å²) in [6, 6.07) is 17.9. The van der Waals surface area contributed by atoms with Crippen molar-refractivity contribution in [2.45, 2.75) is 32.8 Å². The number of carbonyl (C=O) groups is 1. The van der Waals surface area contributed by atoms with Crippen molar-refractivity contribution < 1.29 is 19.0 Å². The van der Waals surface area contributed by atoms with E-state index < -0.39 is 5.60 Å². The van der Waals surface area contributed by atoms with Gasteiger partial charge in [-0.1, -0.05) is 78.5 Å². The first-order valence-corrected chi connectivity index (χ1v) is 15.0. The maximum Gasteiger partial charge on any atom is 0.152 e. The lowest BCUT2D eigenvalue weighted by atomic mass is 9.75. The molecule has 0 N–H and O–H groups in total. The molecule has 0 amide bonds. The van der Waals surface area contributed by atoms with Gasteiger partial charge in [-0.2, -0.15) is 0 Å². The molecule has 0 saturated heterocycles. The first kappa shape index (κ1) is 30.5. The van der Waals surface area contributed by atoms with Crippen molar-refractivity contribution in [3.8, 4) is 17.2 Å². The summed E-state index contributed by atoms with van der Waals surface area (Å²) in [6.07, 6.45) is 1.56. The van der Waals surface area contributed by atoms with E-state index in [0.717, 1.165) is 29.9 Å². The summed E-state index contributed by atoms with van der Waals surface area (Å²) in [5.74, 6) is 1.63. The van der Waals surface area contributed by atoms with Crippen LogP contribution < -0.4 is 14.4 Å². The van der Waals surface area contributed by atoms with Crippen LogP contribution in [0.5, 0.6) is 17.2 Å². The van der Waals surface area contributed by atoms with Crippen LogP contribution >= 0.6 is 46.4 Å². The van der Waals surface area contributed by atoms with Gasteiger partial charge in [0.1, 0.15) is 17.2 Å². The van der Waals surface area contributed by atoms with Gasteiger partial charge in [0, 0.05) is 59.4 Å². The van der Waals surface area contributed by atoms with Gasteiger partial charge >= 0.3 is 0 Å². The molecule has 0 bridgehead atoms. The van der Waals surface area contributed by atoms with Gasteiger partial charge in [-0.3, -0.25) is 4.79 Å². The van der Waals surface area contributed by atoms with Gasteiger partial charge < -0.3 is 19.1 Å². The van der Waals surface area contributed by atoms with Crippen molar-refractivity contribution in [3.05, 3.63) is 108 Å². The predicted octanol–water partition coefficient (Wildman–Crippen LogP) is 10.2. The van der Waals surface area contributed by atoms with Crippen LogP contribution in [0.3, 0.4) is 0 Å². The minimum absolute atomic E-state index is 0.00750. The van der Waals surface area contributed by atoms with Crippen molar-refractivity contribution in [1.82, 2.24) is 0 Å². The lowest BCUT2D eigenvalue weighted by Gasteiger charge is -2.41. The maximum absolute atomic E-state index is 12.5. The largest absolute Gasteiger partial charge is 0.496 e. The van der Waals surface area contributed by atoms with Crippen LogP contribution in [0.2, 0.25) is 20.1 Å². The number of halogens is 4. The molecule has 2 aliphatic heterocycles. The molecule has 5 nitrogen and oxygen atoms in total. The molecule has 0 aliphatic carbocycles. The third kappa shape index (κ3) is 4.54. The molecule has 2 aliphatic rings. The zero-order valence-corrected chi connectivity index (χ0v) is 26.8. The highest BCUT2D eigenvalue weighted by atomic mass is 35.5. The molecule has 0 radical (unpaired) electrons. The van der Waals surface area contributed by atoms with E-state index in [-0.39, 0.29) is 31.2 Å². The monoisotopic (exact) mass is 643 g/mol. The number of anilines is 2. The molecule has 1 atom stereocenters. The first-order chi connectivity index (χ1) is 20.3. The van der Waals surface area contributed by atoms with E-state index >= 15 is 0 Å². The number of rotatable bonds is 5. The van der Waals surface area contributed by atoms with Gasteiger partial charge in [-0.25, -0.2) is 0 Å². The summed E-state index contributed by atoms with van der Waals surface area (Å²) in [6.45, 7) is 6.74. The molecule has 0 spiro atoms. The molecule has 0 aromatic heterocycles. The number of carbonyl (C=O) groups excluding carboxylic acids is 1. The molecule has 0 fully saturated rings. The SMILES string of the molecule is CC.COc1cc2c(cc1C)C(OC)(c1c(Cl)c(Cl)c(Cl)c(Cl)c1C=O)c1ccc(N3CCc4ccccc43)cc1O2. The Kier molecular flexibility index (Phi) is 8.71. The van der Waals surface area contributed by atoms with Crippen LogP contribution in [0.1, 0.15) is 52.0 Å². The minimum Gasteiger partial charge on any atom is -0.496 e. The Morgan fingerprint density at radius 3 is 2.26 bits per heavy atom. The van der Waals surface area contributed by atoms with Gasteiger partial charge in [0.2, 0.25) is 0 Å². The number of aldehydes is 1. The number of nitrogens with zero attached hydrogens (tertiary/aromatic N) is 1. The molecule has 0 saturated carbocycles. The van der Waals surface area contributed by atoms with Crippen molar-refractivity contribution in [2.24, 2.45) is 0 Å². The number of ether oxygens (including phenoxy) is 3. The minimum atomic E-state index is -1.42. The Bertz CT molecular complexity index is 1710. The molecule has 42 heavy (non-hydrogen) atoms. The summed E-state index contributed by atoms with van der Waals surface area (Å²) in [7, 11) is 3.14. The molecule has 9 heteroatoms. The van der Waals surface area contributed by atoms with E-state index in [1.54, 1.807) is 20.3 Å².